The molecule has 2 nitrogen and oxygen atoms in total. The maximum absolute atomic E-state index is 6.09. The molecule has 0 aliphatic carbocycles. The van der Waals surface area contributed by atoms with Crippen molar-refractivity contribution < 1.29 is 4.42 Å². The van der Waals surface area contributed by atoms with Crippen LogP contribution in [0.15, 0.2) is 34.9 Å². The molecule has 0 amide bonds. The number of furan rings is 1. The van der Waals surface area contributed by atoms with E-state index in [0.717, 1.165) is 12.1 Å². The summed E-state index contributed by atoms with van der Waals surface area (Å²) in [5.74, 6) is 0. The maximum atomic E-state index is 6.09. The standard InChI is InChI=1S/C15H18ClNO/c1-4-17-14(13-5-6-18-15(13)16)12-8-10(2)7-11(3)9-12/h5-9,14,17H,4H2,1-3H3. The average molecular weight is 264 g/mol. The van der Waals surface area contributed by atoms with Gasteiger partial charge in [0.25, 0.3) is 0 Å². The van der Waals surface area contributed by atoms with Gasteiger partial charge in [0.1, 0.15) is 0 Å². The molecule has 0 spiro atoms. The molecule has 1 unspecified atom stereocenters. The topological polar surface area (TPSA) is 25.2 Å². The molecule has 1 N–H and O–H groups in total. The summed E-state index contributed by atoms with van der Waals surface area (Å²) in [6, 6.07) is 8.55. The highest BCUT2D eigenvalue weighted by Gasteiger charge is 2.18. The van der Waals surface area contributed by atoms with Gasteiger partial charge in [-0.05, 0) is 43.6 Å². The second kappa shape index (κ2) is 5.59. The molecule has 18 heavy (non-hydrogen) atoms. The van der Waals surface area contributed by atoms with Crippen LogP contribution in [0.3, 0.4) is 0 Å². The van der Waals surface area contributed by atoms with Gasteiger partial charge in [-0.25, -0.2) is 0 Å². The normalized spacial score (nSPS) is 12.7. The molecule has 2 aromatic rings. The van der Waals surface area contributed by atoms with Gasteiger partial charge < -0.3 is 9.73 Å². The molecule has 1 atom stereocenters. The van der Waals surface area contributed by atoms with Gasteiger partial charge in [-0.2, -0.15) is 0 Å². The molecular weight excluding hydrogens is 246 g/mol. The Morgan fingerprint density at radius 3 is 2.39 bits per heavy atom. The van der Waals surface area contributed by atoms with E-state index in [1.807, 2.05) is 6.07 Å². The fourth-order valence-corrected chi connectivity index (χ4v) is 2.52. The number of hydrogen-bond donors (Lipinski definition) is 1. The van der Waals surface area contributed by atoms with Crippen molar-refractivity contribution in [3.8, 4) is 0 Å². The molecule has 0 bridgehead atoms. The van der Waals surface area contributed by atoms with Gasteiger partial charge in [-0.3, -0.25) is 0 Å². The first kappa shape index (κ1) is 13.2. The summed E-state index contributed by atoms with van der Waals surface area (Å²) < 4.78 is 5.20. The van der Waals surface area contributed by atoms with Crippen LogP contribution in [0.25, 0.3) is 0 Å². The van der Waals surface area contributed by atoms with E-state index in [1.54, 1.807) is 6.26 Å². The van der Waals surface area contributed by atoms with Crippen LogP contribution in [0.2, 0.25) is 5.22 Å². The molecule has 3 heteroatoms. The minimum Gasteiger partial charge on any atom is -0.453 e. The van der Waals surface area contributed by atoms with Crippen molar-refractivity contribution >= 4 is 11.6 Å². The highest BCUT2D eigenvalue weighted by molar-refractivity contribution is 6.29. The van der Waals surface area contributed by atoms with Crippen LogP contribution >= 0.6 is 11.6 Å². The Hall–Kier alpha value is -1.25. The van der Waals surface area contributed by atoms with Crippen molar-refractivity contribution in [3.05, 3.63) is 58.0 Å². The molecule has 1 heterocycles. The summed E-state index contributed by atoms with van der Waals surface area (Å²) in [5.41, 5.74) is 4.72. The van der Waals surface area contributed by atoms with Crippen LogP contribution < -0.4 is 5.32 Å². The predicted octanol–water partition coefficient (Wildman–Crippen LogP) is 4.25. The Kier molecular flexibility index (Phi) is 4.10. The van der Waals surface area contributed by atoms with Gasteiger partial charge >= 0.3 is 0 Å². The molecule has 0 saturated carbocycles. The van der Waals surface area contributed by atoms with Crippen molar-refractivity contribution in [2.24, 2.45) is 0 Å². The van der Waals surface area contributed by atoms with E-state index in [9.17, 15) is 0 Å². The number of nitrogens with one attached hydrogen (secondary N) is 1. The Morgan fingerprint density at radius 1 is 1.22 bits per heavy atom. The lowest BCUT2D eigenvalue weighted by Crippen LogP contribution is -2.22. The van der Waals surface area contributed by atoms with Crippen molar-refractivity contribution in [2.45, 2.75) is 26.8 Å². The molecule has 0 fully saturated rings. The summed E-state index contributed by atoms with van der Waals surface area (Å²) in [7, 11) is 0. The first-order valence-corrected chi connectivity index (χ1v) is 6.54. The lowest BCUT2D eigenvalue weighted by atomic mass is 9.97. The van der Waals surface area contributed by atoms with E-state index in [2.05, 4.69) is 44.3 Å². The molecule has 1 aromatic carbocycles. The third-order valence-corrected chi connectivity index (χ3v) is 3.25. The summed E-state index contributed by atoms with van der Waals surface area (Å²) >= 11 is 6.09. The van der Waals surface area contributed by atoms with E-state index in [-0.39, 0.29) is 6.04 Å². The van der Waals surface area contributed by atoms with Gasteiger partial charge in [-0.1, -0.05) is 36.2 Å². The van der Waals surface area contributed by atoms with Crippen molar-refractivity contribution in [1.82, 2.24) is 5.32 Å². The second-order valence-corrected chi connectivity index (χ2v) is 4.90. The SMILES string of the molecule is CCNC(c1cc(C)cc(C)c1)c1ccoc1Cl. The molecule has 0 radical (unpaired) electrons. The zero-order chi connectivity index (χ0) is 13.1. The third kappa shape index (κ3) is 2.77. The van der Waals surface area contributed by atoms with Crippen molar-refractivity contribution in [3.63, 3.8) is 0 Å². The van der Waals surface area contributed by atoms with Crippen LogP contribution in [0.1, 0.15) is 35.2 Å². The van der Waals surface area contributed by atoms with Crippen LogP contribution in [-0.2, 0) is 0 Å². The number of halogens is 1. The van der Waals surface area contributed by atoms with Gasteiger partial charge in [0.05, 0.1) is 12.3 Å². The van der Waals surface area contributed by atoms with E-state index in [1.165, 1.54) is 16.7 Å². The first-order valence-electron chi connectivity index (χ1n) is 6.16. The smallest absolute Gasteiger partial charge is 0.198 e. The van der Waals surface area contributed by atoms with E-state index < -0.39 is 0 Å². The number of hydrogen-bond acceptors (Lipinski definition) is 2. The lowest BCUT2D eigenvalue weighted by molar-refractivity contribution is 0.555. The van der Waals surface area contributed by atoms with Crippen LogP contribution in [0.4, 0.5) is 0 Å². The molecule has 1 aromatic heterocycles. The van der Waals surface area contributed by atoms with E-state index in [4.69, 9.17) is 16.0 Å². The van der Waals surface area contributed by atoms with Gasteiger partial charge in [-0.15, -0.1) is 0 Å². The van der Waals surface area contributed by atoms with Gasteiger partial charge in [0.2, 0.25) is 0 Å². The highest BCUT2D eigenvalue weighted by atomic mass is 35.5. The molecular formula is C15H18ClNO. The maximum Gasteiger partial charge on any atom is 0.198 e. The number of aryl methyl sites for hydroxylation is 2. The number of benzene rings is 1. The van der Waals surface area contributed by atoms with Crippen molar-refractivity contribution in [2.75, 3.05) is 6.54 Å². The van der Waals surface area contributed by atoms with Crippen molar-refractivity contribution in [1.29, 1.82) is 0 Å². The zero-order valence-corrected chi connectivity index (χ0v) is 11.7. The minimum absolute atomic E-state index is 0.0832. The monoisotopic (exact) mass is 263 g/mol. The molecule has 96 valence electrons. The van der Waals surface area contributed by atoms with E-state index in [0.29, 0.717) is 5.22 Å². The molecule has 2 rings (SSSR count). The summed E-state index contributed by atoms with van der Waals surface area (Å²) in [6.45, 7) is 7.18. The van der Waals surface area contributed by atoms with E-state index >= 15 is 0 Å². The third-order valence-electron chi connectivity index (χ3n) is 2.94. The Bertz CT molecular complexity index is 513. The lowest BCUT2D eigenvalue weighted by Gasteiger charge is -2.18. The fourth-order valence-electron chi connectivity index (χ4n) is 2.30. The molecule has 0 aliphatic rings. The Balaban J connectivity index is 2.44. The van der Waals surface area contributed by atoms with Crippen LogP contribution in [0, 0.1) is 13.8 Å². The second-order valence-electron chi connectivity index (χ2n) is 4.56. The van der Waals surface area contributed by atoms with Crippen LogP contribution in [-0.4, -0.2) is 6.54 Å². The van der Waals surface area contributed by atoms with Gasteiger partial charge in [0, 0.05) is 5.56 Å². The van der Waals surface area contributed by atoms with Gasteiger partial charge in [0.15, 0.2) is 5.22 Å². The average Bonchev–Trinajstić information content (AvgIpc) is 2.71. The molecule has 0 saturated heterocycles. The quantitative estimate of drug-likeness (QED) is 0.892. The summed E-state index contributed by atoms with van der Waals surface area (Å²) in [5, 5.41) is 3.91. The predicted molar refractivity (Wildman–Crippen MR) is 75.2 cm³/mol. The number of rotatable bonds is 4. The largest absolute Gasteiger partial charge is 0.453 e. The molecule has 0 aliphatic heterocycles. The first-order chi connectivity index (χ1) is 8.61. The highest BCUT2D eigenvalue weighted by Crippen LogP contribution is 2.30. The Morgan fingerprint density at radius 2 is 1.89 bits per heavy atom. The van der Waals surface area contributed by atoms with Crippen LogP contribution in [0.5, 0.6) is 0 Å². The summed E-state index contributed by atoms with van der Waals surface area (Å²) in [6.07, 6.45) is 1.63. The Labute approximate surface area is 113 Å². The zero-order valence-electron chi connectivity index (χ0n) is 11.0. The minimum atomic E-state index is 0.0832. The summed E-state index contributed by atoms with van der Waals surface area (Å²) in [4.78, 5) is 0. The fraction of sp³-hybridized carbons (Fsp3) is 0.333.